The molecule has 116 valence electrons. The summed E-state index contributed by atoms with van der Waals surface area (Å²) in [5.74, 6) is -0.730. The molecule has 0 saturated heterocycles. The highest BCUT2D eigenvalue weighted by atomic mass is 16.4. The number of aliphatic carboxylic acids is 1. The molecule has 0 spiro atoms. The van der Waals surface area contributed by atoms with Gasteiger partial charge in [-0.1, -0.05) is 60.2 Å². The number of hydrogen-bond acceptors (Lipinski definition) is 3. The third kappa shape index (κ3) is 4.68. The number of benzene rings is 2. The zero-order valence-electron chi connectivity index (χ0n) is 12.7. The number of aryl methyl sites for hydroxylation is 1. The van der Waals surface area contributed by atoms with Crippen LogP contribution in [0.1, 0.15) is 22.7 Å². The van der Waals surface area contributed by atoms with Gasteiger partial charge in [-0.25, -0.2) is 4.79 Å². The standard InChI is InChI=1S/C18H17N3O2/c1-13-6-5-7-14(10-13)11-16(20-12-19)21-17(18(22)23)15-8-3-2-4-9-15/h2-10,17H,11H2,1H3,(H,20,21)(H,22,23). The Labute approximate surface area is 134 Å². The van der Waals surface area contributed by atoms with Gasteiger partial charge in [0, 0.05) is 6.42 Å². The Hall–Kier alpha value is -3.13. The number of carboxylic acid groups (broad SMARTS) is 1. The van der Waals surface area contributed by atoms with E-state index in [1.54, 1.807) is 24.3 Å². The molecule has 0 aliphatic rings. The van der Waals surface area contributed by atoms with Crippen molar-refractivity contribution < 1.29 is 9.90 Å². The van der Waals surface area contributed by atoms with E-state index in [1.807, 2.05) is 43.4 Å². The lowest BCUT2D eigenvalue weighted by atomic mass is 10.1. The summed E-state index contributed by atoms with van der Waals surface area (Å²) in [4.78, 5) is 15.8. The van der Waals surface area contributed by atoms with Crippen molar-refractivity contribution in [2.24, 2.45) is 4.99 Å². The molecule has 0 radical (unpaired) electrons. The van der Waals surface area contributed by atoms with E-state index in [1.165, 1.54) is 0 Å². The summed E-state index contributed by atoms with van der Waals surface area (Å²) in [6.07, 6.45) is 2.19. The first kappa shape index (κ1) is 16.2. The van der Waals surface area contributed by atoms with E-state index in [0.717, 1.165) is 11.1 Å². The molecule has 5 nitrogen and oxygen atoms in total. The third-order valence-corrected chi connectivity index (χ3v) is 3.29. The molecule has 0 saturated carbocycles. The predicted molar refractivity (Wildman–Crippen MR) is 87.9 cm³/mol. The smallest absolute Gasteiger partial charge is 0.333 e. The molecular weight excluding hydrogens is 290 g/mol. The molecule has 5 heteroatoms. The molecule has 0 aliphatic carbocycles. The number of hydrogen-bond donors (Lipinski definition) is 2. The van der Waals surface area contributed by atoms with Crippen LogP contribution in [-0.4, -0.2) is 16.9 Å². The minimum atomic E-state index is -1.06. The van der Waals surface area contributed by atoms with Gasteiger partial charge in [0.2, 0.25) is 0 Å². The zero-order chi connectivity index (χ0) is 16.7. The summed E-state index contributed by atoms with van der Waals surface area (Å²) in [5, 5.41) is 20.8. The molecule has 0 bridgehead atoms. The van der Waals surface area contributed by atoms with Crippen LogP contribution >= 0.6 is 0 Å². The fourth-order valence-electron chi connectivity index (χ4n) is 2.27. The molecule has 0 fully saturated rings. The van der Waals surface area contributed by atoms with E-state index in [4.69, 9.17) is 5.26 Å². The summed E-state index contributed by atoms with van der Waals surface area (Å²) in [5.41, 5.74) is 2.63. The number of carboxylic acids is 1. The van der Waals surface area contributed by atoms with Gasteiger partial charge in [0.15, 0.2) is 12.2 Å². The van der Waals surface area contributed by atoms with E-state index in [-0.39, 0.29) is 0 Å². The Morgan fingerprint density at radius 3 is 2.61 bits per heavy atom. The van der Waals surface area contributed by atoms with Crippen molar-refractivity contribution >= 4 is 11.8 Å². The molecule has 0 heterocycles. The summed E-state index contributed by atoms with van der Waals surface area (Å²) >= 11 is 0. The van der Waals surface area contributed by atoms with E-state index in [0.29, 0.717) is 17.8 Å². The van der Waals surface area contributed by atoms with Crippen LogP contribution < -0.4 is 5.32 Å². The first-order valence-corrected chi connectivity index (χ1v) is 7.15. The molecule has 23 heavy (non-hydrogen) atoms. The molecule has 0 aromatic heterocycles. The monoisotopic (exact) mass is 307 g/mol. The van der Waals surface area contributed by atoms with Crippen molar-refractivity contribution in [1.82, 2.24) is 5.32 Å². The van der Waals surface area contributed by atoms with Crippen LogP contribution in [0.2, 0.25) is 0 Å². The zero-order valence-corrected chi connectivity index (χ0v) is 12.7. The van der Waals surface area contributed by atoms with Crippen molar-refractivity contribution in [3.05, 3.63) is 71.3 Å². The van der Waals surface area contributed by atoms with Crippen molar-refractivity contribution in [2.45, 2.75) is 19.4 Å². The van der Waals surface area contributed by atoms with Gasteiger partial charge in [0.25, 0.3) is 0 Å². The normalized spacial score (nSPS) is 12.3. The molecule has 2 aromatic rings. The quantitative estimate of drug-likeness (QED) is 0.385. The molecule has 0 amide bonds. The van der Waals surface area contributed by atoms with Crippen LogP contribution in [0.4, 0.5) is 0 Å². The average molecular weight is 307 g/mol. The molecule has 2 rings (SSSR count). The number of nitrogens with zero attached hydrogens (tertiary/aromatic N) is 2. The number of aliphatic imine (C=N–C) groups is 1. The maximum absolute atomic E-state index is 11.5. The molecule has 1 unspecified atom stereocenters. The van der Waals surface area contributed by atoms with Gasteiger partial charge in [-0.2, -0.15) is 5.26 Å². The highest BCUT2D eigenvalue weighted by molar-refractivity contribution is 5.88. The summed E-state index contributed by atoms with van der Waals surface area (Å²) in [6.45, 7) is 1.97. The first-order chi connectivity index (χ1) is 11.1. The molecule has 1 atom stereocenters. The minimum absolute atomic E-state index is 0.328. The Morgan fingerprint density at radius 1 is 1.26 bits per heavy atom. The highest BCUT2D eigenvalue weighted by Gasteiger charge is 2.19. The van der Waals surface area contributed by atoms with Crippen molar-refractivity contribution in [3.63, 3.8) is 0 Å². The lowest BCUT2D eigenvalue weighted by Gasteiger charge is -2.11. The van der Waals surface area contributed by atoms with Crippen LogP contribution in [-0.2, 0) is 11.2 Å². The summed E-state index contributed by atoms with van der Waals surface area (Å²) in [7, 11) is 0. The molecule has 0 aliphatic heterocycles. The van der Waals surface area contributed by atoms with Gasteiger partial charge < -0.3 is 5.11 Å². The SMILES string of the molecule is Cc1cccc(CC(=NC(C(=O)O)c2ccccc2)NC#N)c1. The largest absolute Gasteiger partial charge is 0.479 e. The van der Waals surface area contributed by atoms with Crippen LogP contribution in [0.3, 0.4) is 0 Å². The van der Waals surface area contributed by atoms with Crippen LogP contribution in [0.5, 0.6) is 0 Å². The number of nitrogens with one attached hydrogen (secondary N) is 1. The summed E-state index contributed by atoms with van der Waals surface area (Å²) < 4.78 is 0. The highest BCUT2D eigenvalue weighted by Crippen LogP contribution is 2.18. The van der Waals surface area contributed by atoms with E-state index >= 15 is 0 Å². The Balaban J connectivity index is 2.32. The molecule has 2 N–H and O–H groups in total. The second kappa shape index (κ2) is 7.76. The third-order valence-electron chi connectivity index (χ3n) is 3.29. The lowest BCUT2D eigenvalue weighted by Crippen LogP contribution is -2.23. The van der Waals surface area contributed by atoms with Crippen LogP contribution in [0.15, 0.2) is 59.6 Å². The van der Waals surface area contributed by atoms with Gasteiger partial charge in [0.1, 0.15) is 5.84 Å². The van der Waals surface area contributed by atoms with Crippen LogP contribution in [0.25, 0.3) is 0 Å². The van der Waals surface area contributed by atoms with Gasteiger partial charge in [-0.3, -0.25) is 10.3 Å². The fraction of sp³-hybridized carbons (Fsp3) is 0.167. The summed E-state index contributed by atoms with van der Waals surface area (Å²) in [6, 6.07) is 15.5. The molecule has 2 aromatic carbocycles. The second-order valence-corrected chi connectivity index (χ2v) is 5.13. The van der Waals surface area contributed by atoms with Crippen molar-refractivity contribution in [1.29, 1.82) is 5.26 Å². The number of carbonyl (C=O) groups is 1. The topological polar surface area (TPSA) is 85.5 Å². The maximum atomic E-state index is 11.5. The van der Waals surface area contributed by atoms with Gasteiger partial charge in [0.05, 0.1) is 0 Å². The predicted octanol–water partition coefficient (Wildman–Crippen LogP) is 2.83. The second-order valence-electron chi connectivity index (χ2n) is 5.13. The molecular formula is C18H17N3O2. The lowest BCUT2D eigenvalue weighted by molar-refractivity contribution is -0.138. The van der Waals surface area contributed by atoms with Gasteiger partial charge in [-0.05, 0) is 18.1 Å². The van der Waals surface area contributed by atoms with E-state index < -0.39 is 12.0 Å². The Morgan fingerprint density at radius 2 is 2.00 bits per heavy atom. The average Bonchev–Trinajstić information content (AvgIpc) is 2.53. The van der Waals surface area contributed by atoms with Crippen LogP contribution in [0, 0.1) is 18.4 Å². The number of amidine groups is 1. The van der Waals surface area contributed by atoms with E-state index in [2.05, 4.69) is 10.3 Å². The fourth-order valence-corrected chi connectivity index (χ4v) is 2.27. The van der Waals surface area contributed by atoms with Crippen molar-refractivity contribution in [2.75, 3.05) is 0 Å². The maximum Gasteiger partial charge on any atom is 0.333 e. The Kier molecular flexibility index (Phi) is 5.48. The number of nitriles is 1. The van der Waals surface area contributed by atoms with Gasteiger partial charge in [-0.15, -0.1) is 0 Å². The first-order valence-electron chi connectivity index (χ1n) is 7.15. The van der Waals surface area contributed by atoms with Crippen molar-refractivity contribution in [3.8, 4) is 6.19 Å². The van der Waals surface area contributed by atoms with E-state index in [9.17, 15) is 9.90 Å². The number of rotatable bonds is 5. The minimum Gasteiger partial charge on any atom is -0.479 e. The van der Waals surface area contributed by atoms with Gasteiger partial charge >= 0.3 is 5.97 Å². The Bertz CT molecular complexity index is 748.